The van der Waals surface area contributed by atoms with Crippen LogP contribution in [0.1, 0.15) is 25.2 Å². The molecule has 0 spiro atoms. The number of aromatic nitrogens is 3. The Labute approximate surface area is 123 Å². The lowest BCUT2D eigenvalue weighted by Crippen LogP contribution is -2.18. The van der Waals surface area contributed by atoms with E-state index in [0.717, 1.165) is 17.9 Å². The fourth-order valence-corrected chi connectivity index (χ4v) is 1.98. The summed E-state index contributed by atoms with van der Waals surface area (Å²) in [6.07, 6.45) is 1.56. The number of nitro groups is 1. The predicted molar refractivity (Wildman–Crippen MR) is 78.5 cm³/mol. The van der Waals surface area contributed by atoms with Gasteiger partial charge in [-0.15, -0.1) is 0 Å². The number of benzene rings is 1. The van der Waals surface area contributed by atoms with Crippen LogP contribution in [0.2, 0.25) is 0 Å². The molecule has 0 unspecified atom stereocenters. The molecule has 21 heavy (non-hydrogen) atoms. The number of non-ortho nitro benzene ring substituents is 1. The van der Waals surface area contributed by atoms with Crippen LogP contribution in [0, 0.1) is 16.0 Å². The lowest BCUT2D eigenvalue weighted by atomic mass is 10.2. The van der Waals surface area contributed by atoms with Crippen LogP contribution in [0.4, 0.5) is 5.69 Å². The van der Waals surface area contributed by atoms with Crippen LogP contribution in [-0.4, -0.2) is 19.7 Å². The molecule has 0 amide bonds. The van der Waals surface area contributed by atoms with E-state index in [0.29, 0.717) is 19.0 Å². The van der Waals surface area contributed by atoms with Crippen molar-refractivity contribution in [2.45, 2.75) is 33.5 Å². The van der Waals surface area contributed by atoms with Crippen molar-refractivity contribution in [3.63, 3.8) is 0 Å². The van der Waals surface area contributed by atoms with Gasteiger partial charge in [-0.05, 0) is 11.5 Å². The van der Waals surface area contributed by atoms with Gasteiger partial charge >= 0.3 is 0 Å². The molecule has 0 aliphatic heterocycles. The third kappa shape index (κ3) is 4.35. The quantitative estimate of drug-likeness (QED) is 0.623. The van der Waals surface area contributed by atoms with E-state index in [4.69, 9.17) is 0 Å². The third-order valence-electron chi connectivity index (χ3n) is 2.99. The molecule has 1 N–H and O–H groups in total. The van der Waals surface area contributed by atoms with Crippen molar-refractivity contribution in [1.29, 1.82) is 0 Å². The van der Waals surface area contributed by atoms with Crippen molar-refractivity contribution in [3.8, 4) is 0 Å². The molecule has 112 valence electrons. The molecule has 7 nitrogen and oxygen atoms in total. The summed E-state index contributed by atoms with van der Waals surface area (Å²) in [6.45, 7) is 6.36. The molecule has 2 aromatic rings. The van der Waals surface area contributed by atoms with Gasteiger partial charge in [-0.3, -0.25) is 10.1 Å². The summed E-state index contributed by atoms with van der Waals surface area (Å²) in [6, 6.07) is 6.53. The second-order valence-corrected chi connectivity index (χ2v) is 5.28. The van der Waals surface area contributed by atoms with E-state index >= 15 is 0 Å². The average molecular weight is 289 g/mol. The summed E-state index contributed by atoms with van der Waals surface area (Å²) in [7, 11) is 0. The first-order valence-electron chi connectivity index (χ1n) is 6.87. The first-order chi connectivity index (χ1) is 10.1. The van der Waals surface area contributed by atoms with Gasteiger partial charge < -0.3 is 5.32 Å². The largest absolute Gasteiger partial charge is 0.306 e. The summed E-state index contributed by atoms with van der Waals surface area (Å²) in [5.74, 6) is 1.41. The molecule has 0 atom stereocenters. The summed E-state index contributed by atoms with van der Waals surface area (Å²) < 4.78 is 1.90. The number of nitro benzene ring substituents is 1. The second kappa shape index (κ2) is 6.94. The molecular formula is C14H19N5O2. The van der Waals surface area contributed by atoms with Crippen molar-refractivity contribution < 1.29 is 4.92 Å². The first-order valence-corrected chi connectivity index (χ1v) is 6.87. The highest BCUT2D eigenvalue weighted by molar-refractivity contribution is 5.32. The van der Waals surface area contributed by atoms with E-state index in [-0.39, 0.29) is 5.69 Å². The maximum atomic E-state index is 10.6. The number of rotatable bonds is 7. The maximum Gasteiger partial charge on any atom is 0.269 e. The monoisotopic (exact) mass is 289 g/mol. The van der Waals surface area contributed by atoms with Crippen LogP contribution < -0.4 is 5.32 Å². The molecular weight excluding hydrogens is 270 g/mol. The van der Waals surface area contributed by atoms with E-state index in [1.54, 1.807) is 18.5 Å². The highest BCUT2D eigenvalue weighted by Crippen LogP contribution is 2.11. The van der Waals surface area contributed by atoms with E-state index < -0.39 is 4.92 Å². The van der Waals surface area contributed by atoms with Gasteiger partial charge in [0.15, 0.2) is 0 Å². The maximum absolute atomic E-state index is 10.6. The molecule has 0 saturated heterocycles. The van der Waals surface area contributed by atoms with Crippen LogP contribution in [0.15, 0.2) is 30.6 Å². The standard InChI is InChI=1S/C14H19N5O2/c1-11(2)9-18-14(16-10-17-18)8-15-7-12-3-5-13(6-4-12)19(20)21/h3-6,10-11,15H,7-9H2,1-2H3. The number of nitrogens with one attached hydrogen (secondary N) is 1. The Morgan fingerprint density at radius 2 is 2.00 bits per heavy atom. The molecule has 1 aromatic heterocycles. The zero-order chi connectivity index (χ0) is 15.2. The van der Waals surface area contributed by atoms with Crippen LogP contribution in [0.25, 0.3) is 0 Å². The van der Waals surface area contributed by atoms with Gasteiger partial charge in [0.05, 0.1) is 11.5 Å². The van der Waals surface area contributed by atoms with Crippen LogP contribution in [0.5, 0.6) is 0 Å². The number of hydrogen-bond donors (Lipinski definition) is 1. The molecule has 0 fully saturated rings. The normalized spacial score (nSPS) is 11.0. The minimum atomic E-state index is -0.397. The molecule has 0 aliphatic rings. The Balaban J connectivity index is 1.87. The highest BCUT2D eigenvalue weighted by atomic mass is 16.6. The molecule has 2 rings (SSSR count). The second-order valence-electron chi connectivity index (χ2n) is 5.28. The number of hydrogen-bond acceptors (Lipinski definition) is 5. The SMILES string of the molecule is CC(C)Cn1ncnc1CNCc1ccc([N+](=O)[O-])cc1. The van der Waals surface area contributed by atoms with E-state index in [1.807, 2.05) is 4.68 Å². The smallest absolute Gasteiger partial charge is 0.269 e. The topological polar surface area (TPSA) is 85.9 Å². The van der Waals surface area contributed by atoms with Gasteiger partial charge in [0.2, 0.25) is 0 Å². The van der Waals surface area contributed by atoms with Gasteiger partial charge in [-0.2, -0.15) is 5.10 Å². The highest BCUT2D eigenvalue weighted by Gasteiger charge is 2.06. The van der Waals surface area contributed by atoms with E-state index in [1.165, 1.54) is 12.1 Å². The Bertz CT molecular complexity index is 592. The lowest BCUT2D eigenvalue weighted by molar-refractivity contribution is -0.384. The van der Waals surface area contributed by atoms with Crippen molar-refractivity contribution in [2.75, 3.05) is 0 Å². The zero-order valence-corrected chi connectivity index (χ0v) is 12.2. The van der Waals surface area contributed by atoms with Crippen molar-refractivity contribution in [2.24, 2.45) is 5.92 Å². The minimum absolute atomic E-state index is 0.107. The first kappa shape index (κ1) is 15.1. The predicted octanol–water partition coefficient (Wildman–Crippen LogP) is 2.13. The molecule has 1 aromatic carbocycles. The van der Waals surface area contributed by atoms with Crippen LogP contribution in [-0.2, 0) is 19.6 Å². The lowest BCUT2D eigenvalue weighted by Gasteiger charge is -2.09. The van der Waals surface area contributed by atoms with Gasteiger partial charge in [0.1, 0.15) is 12.2 Å². The molecule has 0 saturated carbocycles. The van der Waals surface area contributed by atoms with Crippen LogP contribution >= 0.6 is 0 Å². The fraction of sp³-hybridized carbons (Fsp3) is 0.429. The minimum Gasteiger partial charge on any atom is -0.306 e. The molecule has 0 aliphatic carbocycles. The van der Waals surface area contributed by atoms with Crippen molar-refractivity contribution >= 4 is 5.69 Å². The average Bonchev–Trinajstić information content (AvgIpc) is 2.86. The molecule has 7 heteroatoms. The van der Waals surface area contributed by atoms with Crippen LogP contribution in [0.3, 0.4) is 0 Å². The van der Waals surface area contributed by atoms with Gasteiger partial charge in [-0.1, -0.05) is 26.0 Å². The number of nitrogens with zero attached hydrogens (tertiary/aromatic N) is 4. The van der Waals surface area contributed by atoms with Crippen molar-refractivity contribution in [3.05, 3.63) is 52.1 Å². The molecule has 0 radical (unpaired) electrons. The Morgan fingerprint density at radius 1 is 1.29 bits per heavy atom. The summed E-state index contributed by atoms with van der Waals surface area (Å²) >= 11 is 0. The van der Waals surface area contributed by atoms with Gasteiger partial charge in [-0.25, -0.2) is 9.67 Å². The summed E-state index contributed by atoms with van der Waals surface area (Å²) in [4.78, 5) is 14.4. The summed E-state index contributed by atoms with van der Waals surface area (Å²) in [5.41, 5.74) is 1.10. The molecule has 0 bridgehead atoms. The fourth-order valence-electron chi connectivity index (χ4n) is 1.98. The van der Waals surface area contributed by atoms with Gasteiger partial charge in [0, 0.05) is 25.2 Å². The zero-order valence-electron chi connectivity index (χ0n) is 12.2. The van der Waals surface area contributed by atoms with E-state index in [9.17, 15) is 10.1 Å². The van der Waals surface area contributed by atoms with Gasteiger partial charge in [0.25, 0.3) is 5.69 Å². The van der Waals surface area contributed by atoms with Crippen molar-refractivity contribution in [1.82, 2.24) is 20.1 Å². The summed E-state index contributed by atoms with van der Waals surface area (Å²) in [5, 5.41) is 18.1. The Hall–Kier alpha value is -2.28. The Kier molecular flexibility index (Phi) is 4.99. The third-order valence-corrected chi connectivity index (χ3v) is 2.99. The molecule has 1 heterocycles. The Morgan fingerprint density at radius 3 is 2.62 bits per heavy atom. The van der Waals surface area contributed by atoms with E-state index in [2.05, 4.69) is 29.2 Å².